The largest absolute Gasteiger partial charge is 0.486 e. The quantitative estimate of drug-likeness (QED) is 0.295. The average Bonchev–Trinajstić information content (AvgIpc) is 2.96. The number of nitrogens with zero attached hydrogens (tertiary/aromatic N) is 2. The third-order valence-corrected chi connectivity index (χ3v) is 8.03. The highest BCUT2D eigenvalue weighted by atomic mass is 32.2. The van der Waals surface area contributed by atoms with Crippen molar-refractivity contribution in [3.8, 4) is 11.5 Å². The zero-order valence-electron chi connectivity index (χ0n) is 21.1. The maximum atomic E-state index is 14.3. The Morgan fingerprint density at radius 2 is 1.36 bits per heavy atom. The van der Waals surface area contributed by atoms with E-state index in [1.54, 1.807) is 4.90 Å². The second-order valence-corrected chi connectivity index (χ2v) is 10.9. The summed E-state index contributed by atoms with van der Waals surface area (Å²) < 4.78 is 54.2. The number of amides is 1. The van der Waals surface area contributed by atoms with Crippen molar-refractivity contribution in [3.05, 3.63) is 120 Å². The average molecular weight is 547 g/mol. The van der Waals surface area contributed by atoms with E-state index in [0.29, 0.717) is 18.1 Å². The summed E-state index contributed by atoms with van der Waals surface area (Å²) in [5.74, 6) is -0.325. The van der Waals surface area contributed by atoms with Crippen molar-refractivity contribution in [1.82, 2.24) is 4.90 Å². The Bertz CT molecular complexity index is 1510. The molecule has 1 heterocycles. The summed E-state index contributed by atoms with van der Waals surface area (Å²) >= 11 is 0. The first-order valence-electron chi connectivity index (χ1n) is 12.4. The van der Waals surface area contributed by atoms with E-state index >= 15 is 0 Å². The summed E-state index contributed by atoms with van der Waals surface area (Å²) in [6, 6.07) is 28.4. The highest BCUT2D eigenvalue weighted by Gasteiger charge is 2.31. The van der Waals surface area contributed by atoms with Crippen LogP contribution in [0.1, 0.15) is 11.1 Å². The Morgan fingerprint density at radius 1 is 0.744 bits per heavy atom. The molecule has 4 aromatic carbocycles. The minimum Gasteiger partial charge on any atom is -0.486 e. The van der Waals surface area contributed by atoms with E-state index in [9.17, 15) is 17.6 Å². The van der Waals surface area contributed by atoms with Crippen LogP contribution in [-0.2, 0) is 27.9 Å². The molecule has 1 aliphatic rings. The van der Waals surface area contributed by atoms with E-state index < -0.39 is 28.3 Å². The van der Waals surface area contributed by atoms with E-state index in [2.05, 4.69) is 0 Å². The molecule has 1 aliphatic heterocycles. The van der Waals surface area contributed by atoms with E-state index in [1.165, 1.54) is 36.4 Å². The summed E-state index contributed by atoms with van der Waals surface area (Å²) in [5, 5.41) is 0. The molecule has 4 aromatic rings. The van der Waals surface area contributed by atoms with Crippen molar-refractivity contribution in [1.29, 1.82) is 0 Å². The molecule has 1 amide bonds. The van der Waals surface area contributed by atoms with Gasteiger partial charge in [-0.3, -0.25) is 9.10 Å². The number of benzene rings is 4. The van der Waals surface area contributed by atoms with Gasteiger partial charge in [0.1, 0.15) is 25.6 Å². The van der Waals surface area contributed by atoms with Crippen LogP contribution in [-0.4, -0.2) is 39.0 Å². The lowest BCUT2D eigenvalue weighted by molar-refractivity contribution is -0.130. The Morgan fingerprint density at radius 3 is 1.97 bits per heavy atom. The molecular formula is C30H27FN2O5S. The molecule has 0 aromatic heterocycles. The molecule has 39 heavy (non-hydrogen) atoms. The van der Waals surface area contributed by atoms with Crippen LogP contribution in [0.2, 0.25) is 0 Å². The summed E-state index contributed by atoms with van der Waals surface area (Å²) in [4.78, 5) is 15.3. The van der Waals surface area contributed by atoms with Crippen LogP contribution in [0.4, 0.5) is 10.1 Å². The van der Waals surface area contributed by atoms with E-state index in [1.807, 2.05) is 60.7 Å². The molecule has 0 radical (unpaired) electrons. The van der Waals surface area contributed by atoms with Gasteiger partial charge in [0, 0.05) is 19.2 Å². The minimum atomic E-state index is -4.30. The molecule has 0 saturated heterocycles. The molecule has 5 rings (SSSR count). The zero-order chi connectivity index (χ0) is 27.2. The van der Waals surface area contributed by atoms with Gasteiger partial charge in [-0.25, -0.2) is 12.8 Å². The molecule has 0 aliphatic carbocycles. The zero-order valence-corrected chi connectivity index (χ0v) is 21.9. The highest BCUT2D eigenvalue weighted by molar-refractivity contribution is 7.92. The van der Waals surface area contributed by atoms with Crippen molar-refractivity contribution >= 4 is 21.6 Å². The van der Waals surface area contributed by atoms with Crippen molar-refractivity contribution in [3.63, 3.8) is 0 Å². The Labute approximate surface area is 227 Å². The topological polar surface area (TPSA) is 76.2 Å². The molecular weight excluding hydrogens is 519 g/mol. The van der Waals surface area contributed by atoms with Gasteiger partial charge >= 0.3 is 0 Å². The fourth-order valence-electron chi connectivity index (χ4n) is 4.32. The third-order valence-electron chi connectivity index (χ3n) is 6.26. The molecule has 0 bridgehead atoms. The van der Waals surface area contributed by atoms with Crippen molar-refractivity contribution in [2.75, 3.05) is 24.1 Å². The van der Waals surface area contributed by atoms with Gasteiger partial charge in [-0.1, -0.05) is 66.7 Å². The van der Waals surface area contributed by atoms with Crippen LogP contribution >= 0.6 is 0 Å². The number of hydrogen-bond donors (Lipinski definition) is 0. The molecule has 0 unspecified atom stereocenters. The van der Waals surface area contributed by atoms with E-state index in [-0.39, 0.29) is 30.3 Å². The predicted molar refractivity (Wildman–Crippen MR) is 146 cm³/mol. The lowest BCUT2D eigenvalue weighted by Gasteiger charge is -2.29. The number of anilines is 1. The number of sulfonamides is 1. The molecule has 9 heteroatoms. The van der Waals surface area contributed by atoms with Gasteiger partial charge in [-0.2, -0.15) is 0 Å². The SMILES string of the molecule is O=C(CN(c1cccc(F)c1)S(=O)(=O)c1ccc2c(c1)OCCO2)N(Cc1ccccc1)Cc1ccccc1. The summed E-state index contributed by atoms with van der Waals surface area (Å²) in [7, 11) is -4.30. The normalized spacial score (nSPS) is 12.5. The van der Waals surface area contributed by atoms with Gasteiger partial charge in [0.25, 0.3) is 10.0 Å². The van der Waals surface area contributed by atoms with Crippen molar-refractivity contribution in [2.45, 2.75) is 18.0 Å². The minimum absolute atomic E-state index is 0.0395. The Hall–Kier alpha value is -4.37. The van der Waals surface area contributed by atoms with Gasteiger partial charge in [0.05, 0.1) is 10.6 Å². The fourth-order valence-corrected chi connectivity index (χ4v) is 5.74. The maximum Gasteiger partial charge on any atom is 0.264 e. The van der Waals surface area contributed by atoms with Crippen LogP contribution < -0.4 is 13.8 Å². The molecule has 0 N–H and O–H groups in total. The number of carbonyl (C=O) groups is 1. The van der Waals surface area contributed by atoms with Gasteiger partial charge in [-0.15, -0.1) is 0 Å². The van der Waals surface area contributed by atoms with Gasteiger partial charge in [0.2, 0.25) is 5.91 Å². The summed E-state index contributed by atoms with van der Waals surface area (Å²) in [6.07, 6.45) is 0. The van der Waals surface area contributed by atoms with Gasteiger partial charge in [-0.05, 0) is 41.5 Å². The van der Waals surface area contributed by atoms with E-state index in [4.69, 9.17) is 9.47 Å². The number of fused-ring (bicyclic) bond motifs is 1. The highest BCUT2D eigenvalue weighted by Crippen LogP contribution is 2.34. The van der Waals surface area contributed by atoms with Gasteiger partial charge < -0.3 is 14.4 Å². The molecule has 0 spiro atoms. The molecule has 7 nitrogen and oxygen atoms in total. The van der Waals surface area contributed by atoms with Crippen molar-refractivity contribution < 1.29 is 27.1 Å². The Kier molecular flexibility index (Phi) is 7.79. The smallest absolute Gasteiger partial charge is 0.264 e. The van der Waals surface area contributed by atoms with Gasteiger partial charge in [0.15, 0.2) is 11.5 Å². The number of ether oxygens (including phenoxy) is 2. The second-order valence-electron chi connectivity index (χ2n) is 9.02. The third kappa shape index (κ3) is 6.21. The first-order chi connectivity index (χ1) is 18.9. The van der Waals surface area contributed by atoms with Crippen LogP contribution in [0.15, 0.2) is 108 Å². The molecule has 200 valence electrons. The monoisotopic (exact) mass is 546 g/mol. The first-order valence-corrected chi connectivity index (χ1v) is 13.9. The second kappa shape index (κ2) is 11.6. The summed E-state index contributed by atoms with van der Waals surface area (Å²) in [5.41, 5.74) is 1.83. The van der Waals surface area contributed by atoms with E-state index in [0.717, 1.165) is 21.5 Å². The van der Waals surface area contributed by atoms with Crippen molar-refractivity contribution in [2.24, 2.45) is 0 Å². The number of halogens is 1. The molecule has 0 fully saturated rings. The van der Waals surface area contributed by atoms with Crippen LogP contribution in [0.5, 0.6) is 11.5 Å². The van der Waals surface area contributed by atoms with Crippen LogP contribution in [0, 0.1) is 5.82 Å². The molecule has 0 atom stereocenters. The number of rotatable bonds is 9. The summed E-state index contributed by atoms with van der Waals surface area (Å²) in [6.45, 7) is 0.670. The Balaban J connectivity index is 1.50. The van der Waals surface area contributed by atoms with Crippen LogP contribution in [0.3, 0.4) is 0 Å². The lowest BCUT2D eigenvalue weighted by atomic mass is 10.1. The number of carbonyl (C=O) groups excluding carboxylic acids is 1. The maximum absolute atomic E-state index is 14.3. The first kappa shape index (κ1) is 26.2. The number of hydrogen-bond acceptors (Lipinski definition) is 5. The standard InChI is InChI=1S/C30H27FN2O5S/c31-25-12-7-13-26(18-25)33(39(35,36)27-14-15-28-29(19-27)38-17-16-37-28)22-30(34)32(20-23-8-3-1-4-9-23)21-24-10-5-2-6-11-24/h1-15,18-19H,16-17,20-22H2. The lowest BCUT2D eigenvalue weighted by Crippen LogP contribution is -2.42. The van der Waals surface area contributed by atoms with Crippen LogP contribution in [0.25, 0.3) is 0 Å². The predicted octanol–water partition coefficient (Wildman–Crippen LogP) is 5.02. The fraction of sp³-hybridized carbons (Fsp3) is 0.167. The molecule has 0 saturated carbocycles.